The van der Waals surface area contributed by atoms with E-state index in [1.807, 2.05) is 30.3 Å². The van der Waals surface area contributed by atoms with E-state index in [0.717, 1.165) is 16.9 Å². The Kier molecular flexibility index (Phi) is 4.18. The first-order valence-electron chi connectivity index (χ1n) is 5.43. The predicted octanol–water partition coefficient (Wildman–Crippen LogP) is 2.98. The summed E-state index contributed by atoms with van der Waals surface area (Å²) in [6, 6.07) is 11.5. The van der Waals surface area contributed by atoms with Crippen LogP contribution in [0.4, 0.5) is 0 Å². The molecule has 1 unspecified atom stereocenters. The third kappa shape index (κ3) is 3.07. The molecule has 1 aromatic carbocycles. The van der Waals surface area contributed by atoms with Crippen LogP contribution in [0.15, 0.2) is 36.4 Å². The lowest BCUT2D eigenvalue weighted by molar-refractivity contribution is 0.224. The van der Waals surface area contributed by atoms with Gasteiger partial charge in [0.1, 0.15) is 6.10 Å². The smallest absolute Gasteiger partial charge is 0.113 e. The molecule has 90 valence electrons. The molecular formula is C13H14ClNOS. The number of aliphatic hydroxyl groups excluding tert-OH is 1. The van der Waals surface area contributed by atoms with E-state index in [0.29, 0.717) is 10.9 Å². The molecule has 0 aliphatic rings. The molecular weight excluding hydrogens is 254 g/mol. The Morgan fingerprint density at radius 3 is 2.41 bits per heavy atom. The lowest BCUT2D eigenvalue weighted by Crippen LogP contribution is -2.03. The van der Waals surface area contributed by atoms with Crippen LogP contribution in [-0.2, 0) is 6.42 Å². The monoisotopic (exact) mass is 267 g/mol. The third-order valence-electron chi connectivity index (χ3n) is 2.59. The number of halogens is 1. The summed E-state index contributed by atoms with van der Waals surface area (Å²) in [6.45, 7) is 0.641. The van der Waals surface area contributed by atoms with Crippen molar-refractivity contribution in [3.05, 3.63) is 56.7 Å². The first kappa shape index (κ1) is 12.6. The molecule has 1 atom stereocenters. The molecule has 0 spiro atoms. The lowest BCUT2D eigenvalue weighted by atomic mass is 10.0. The highest BCUT2D eigenvalue weighted by molar-refractivity contribution is 7.16. The molecule has 0 aliphatic carbocycles. The van der Waals surface area contributed by atoms with Crippen LogP contribution in [-0.4, -0.2) is 11.7 Å². The summed E-state index contributed by atoms with van der Waals surface area (Å²) in [6.07, 6.45) is 0.265. The van der Waals surface area contributed by atoms with Crippen LogP contribution >= 0.6 is 22.9 Å². The second-order valence-corrected chi connectivity index (χ2v) is 5.57. The van der Waals surface area contributed by atoms with Gasteiger partial charge < -0.3 is 10.8 Å². The Morgan fingerprint density at radius 2 is 1.88 bits per heavy atom. The zero-order chi connectivity index (χ0) is 12.3. The number of benzene rings is 1. The molecule has 2 aromatic rings. The standard InChI is InChI=1S/C13H14ClNOS/c14-12-6-5-11(17-12)13(16)10-3-1-9(2-4-10)7-8-15/h1-6,13,16H,7-8,15H2. The molecule has 0 radical (unpaired) electrons. The summed E-state index contributed by atoms with van der Waals surface area (Å²) in [5, 5.41) is 10.2. The van der Waals surface area contributed by atoms with Crippen molar-refractivity contribution in [1.82, 2.24) is 0 Å². The fourth-order valence-electron chi connectivity index (χ4n) is 1.67. The number of aliphatic hydroxyl groups is 1. The van der Waals surface area contributed by atoms with E-state index in [1.54, 1.807) is 6.07 Å². The molecule has 0 saturated carbocycles. The van der Waals surface area contributed by atoms with Gasteiger partial charge in [0.25, 0.3) is 0 Å². The van der Waals surface area contributed by atoms with Gasteiger partial charge >= 0.3 is 0 Å². The molecule has 17 heavy (non-hydrogen) atoms. The number of thiophene rings is 1. The van der Waals surface area contributed by atoms with Gasteiger partial charge in [0, 0.05) is 4.88 Å². The van der Waals surface area contributed by atoms with E-state index in [9.17, 15) is 5.11 Å². The van der Waals surface area contributed by atoms with Crippen LogP contribution in [0.3, 0.4) is 0 Å². The van der Waals surface area contributed by atoms with Crippen molar-refractivity contribution in [3.8, 4) is 0 Å². The van der Waals surface area contributed by atoms with E-state index in [1.165, 1.54) is 16.9 Å². The highest BCUT2D eigenvalue weighted by Gasteiger charge is 2.12. The molecule has 3 N–H and O–H groups in total. The third-order valence-corrected chi connectivity index (χ3v) is 3.88. The van der Waals surface area contributed by atoms with Crippen LogP contribution in [0.1, 0.15) is 22.1 Å². The van der Waals surface area contributed by atoms with Crippen molar-refractivity contribution in [2.75, 3.05) is 6.54 Å². The highest BCUT2D eigenvalue weighted by atomic mass is 35.5. The molecule has 1 heterocycles. The summed E-state index contributed by atoms with van der Waals surface area (Å²) in [5.74, 6) is 0. The molecule has 2 nitrogen and oxygen atoms in total. The Morgan fingerprint density at radius 1 is 1.18 bits per heavy atom. The molecule has 0 fully saturated rings. The van der Waals surface area contributed by atoms with Crippen molar-refractivity contribution >= 4 is 22.9 Å². The van der Waals surface area contributed by atoms with Crippen LogP contribution in [0.5, 0.6) is 0 Å². The zero-order valence-corrected chi connectivity index (χ0v) is 10.8. The number of rotatable bonds is 4. The fourth-order valence-corrected chi connectivity index (χ4v) is 2.75. The van der Waals surface area contributed by atoms with Crippen molar-refractivity contribution in [3.63, 3.8) is 0 Å². The Balaban J connectivity index is 2.16. The Hall–Kier alpha value is -0.870. The summed E-state index contributed by atoms with van der Waals surface area (Å²) >= 11 is 7.25. The number of hydrogen-bond acceptors (Lipinski definition) is 3. The first-order valence-corrected chi connectivity index (χ1v) is 6.62. The molecule has 4 heteroatoms. The minimum atomic E-state index is -0.598. The predicted molar refractivity (Wildman–Crippen MR) is 72.6 cm³/mol. The minimum Gasteiger partial charge on any atom is -0.383 e. The Bertz CT molecular complexity index is 480. The van der Waals surface area contributed by atoms with Crippen molar-refractivity contribution in [1.29, 1.82) is 0 Å². The Labute approximate surface area is 110 Å². The average Bonchev–Trinajstić information content (AvgIpc) is 2.76. The molecule has 0 saturated heterocycles. The molecule has 0 amide bonds. The summed E-state index contributed by atoms with van der Waals surface area (Å²) in [4.78, 5) is 0.863. The first-order chi connectivity index (χ1) is 8.20. The molecule has 2 rings (SSSR count). The van der Waals surface area contributed by atoms with Gasteiger partial charge in [-0.3, -0.25) is 0 Å². The number of hydrogen-bond donors (Lipinski definition) is 2. The summed E-state index contributed by atoms with van der Waals surface area (Å²) in [5.41, 5.74) is 7.56. The zero-order valence-electron chi connectivity index (χ0n) is 9.27. The SMILES string of the molecule is NCCc1ccc(C(O)c2ccc(Cl)s2)cc1. The quantitative estimate of drug-likeness (QED) is 0.895. The maximum atomic E-state index is 10.2. The van der Waals surface area contributed by atoms with Crippen molar-refractivity contribution < 1.29 is 5.11 Å². The molecule has 1 aromatic heterocycles. The van der Waals surface area contributed by atoms with E-state index >= 15 is 0 Å². The van der Waals surface area contributed by atoms with E-state index in [4.69, 9.17) is 17.3 Å². The van der Waals surface area contributed by atoms with E-state index in [2.05, 4.69) is 0 Å². The molecule has 0 aliphatic heterocycles. The minimum absolute atomic E-state index is 0.598. The van der Waals surface area contributed by atoms with Gasteiger partial charge in [-0.15, -0.1) is 11.3 Å². The topological polar surface area (TPSA) is 46.2 Å². The fraction of sp³-hybridized carbons (Fsp3) is 0.231. The van der Waals surface area contributed by atoms with Crippen molar-refractivity contribution in [2.24, 2.45) is 5.73 Å². The normalized spacial score (nSPS) is 12.6. The maximum Gasteiger partial charge on any atom is 0.113 e. The van der Waals surface area contributed by atoms with Gasteiger partial charge in [0.05, 0.1) is 4.34 Å². The van der Waals surface area contributed by atoms with Gasteiger partial charge in [0.15, 0.2) is 0 Å². The van der Waals surface area contributed by atoms with Gasteiger partial charge in [-0.1, -0.05) is 35.9 Å². The lowest BCUT2D eigenvalue weighted by Gasteiger charge is -2.09. The average molecular weight is 268 g/mol. The van der Waals surface area contributed by atoms with Gasteiger partial charge in [-0.25, -0.2) is 0 Å². The van der Waals surface area contributed by atoms with Crippen LogP contribution in [0.25, 0.3) is 0 Å². The largest absolute Gasteiger partial charge is 0.383 e. The van der Waals surface area contributed by atoms with Gasteiger partial charge in [-0.05, 0) is 36.2 Å². The number of nitrogens with two attached hydrogens (primary N) is 1. The van der Waals surface area contributed by atoms with Crippen LogP contribution in [0, 0.1) is 0 Å². The van der Waals surface area contributed by atoms with E-state index in [-0.39, 0.29) is 0 Å². The summed E-state index contributed by atoms with van der Waals surface area (Å²) < 4.78 is 0.693. The second kappa shape index (κ2) is 5.65. The highest BCUT2D eigenvalue weighted by Crippen LogP contribution is 2.30. The maximum absolute atomic E-state index is 10.2. The van der Waals surface area contributed by atoms with Crippen LogP contribution < -0.4 is 5.73 Å². The van der Waals surface area contributed by atoms with Crippen LogP contribution in [0.2, 0.25) is 4.34 Å². The molecule has 0 bridgehead atoms. The van der Waals surface area contributed by atoms with E-state index < -0.39 is 6.10 Å². The second-order valence-electron chi connectivity index (χ2n) is 3.82. The van der Waals surface area contributed by atoms with Gasteiger partial charge in [-0.2, -0.15) is 0 Å². The summed E-state index contributed by atoms with van der Waals surface area (Å²) in [7, 11) is 0. The van der Waals surface area contributed by atoms with Crippen molar-refractivity contribution in [2.45, 2.75) is 12.5 Å². The van der Waals surface area contributed by atoms with Gasteiger partial charge in [0.2, 0.25) is 0 Å².